The first-order chi connectivity index (χ1) is 8.63. The number of halogens is 2. The third-order valence-corrected chi connectivity index (χ3v) is 4.17. The lowest BCUT2D eigenvalue weighted by Gasteiger charge is -2.34. The van der Waals surface area contributed by atoms with E-state index in [9.17, 15) is 4.79 Å². The Hall–Kier alpha value is -0.0700. The van der Waals surface area contributed by atoms with Crippen LogP contribution in [0.5, 0.6) is 0 Å². The molecule has 0 saturated carbocycles. The van der Waals surface area contributed by atoms with Crippen molar-refractivity contribution in [3.63, 3.8) is 0 Å². The number of hydrogen-bond acceptors (Lipinski definition) is 4. The molecule has 2 aliphatic rings. The second kappa shape index (κ2) is 9.05. The molecule has 2 heterocycles. The van der Waals surface area contributed by atoms with Gasteiger partial charge in [0.15, 0.2) is 0 Å². The molecule has 5 nitrogen and oxygen atoms in total. The van der Waals surface area contributed by atoms with Crippen LogP contribution in [0.15, 0.2) is 0 Å². The summed E-state index contributed by atoms with van der Waals surface area (Å²) in [6, 6.07) is 0.489. The summed E-state index contributed by atoms with van der Waals surface area (Å²) < 4.78 is 5.39. The first kappa shape index (κ1) is 19.9. The number of morpholine rings is 1. The van der Waals surface area contributed by atoms with E-state index in [0.29, 0.717) is 18.5 Å². The molecule has 2 saturated heterocycles. The number of carbonyl (C=O) groups is 1. The van der Waals surface area contributed by atoms with E-state index in [1.807, 2.05) is 11.8 Å². The minimum absolute atomic E-state index is 0. The molecule has 0 aliphatic carbocycles. The Balaban J connectivity index is 0.00000180. The van der Waals surface area contributed by atoms with E-state index in [1.165, 1.54) is 0 Å². The molecule has 3 atom stereocenters. The molecule has 7 heteroatoms. The van der Waals surface area contributed by atoms with Crippen LogP contribution in [0.4, 0.5) is 0 Å². The molecule has 2 aliphatic heterocycles. The lowest BCUT2D eigenvalue weighted by atomic mass is 10.0. The first-order valence-electron chi connectivity index (χ1n) is 6.94. The topological polar surface area (TPSA) is 58.8 Å². The monoisotopic (exact) mass is 327 g/mol. The van der Waals surface area contributed by atoms with Crippen molar-refractivity contribution in [2.24, 2.45) is 17.6 Å². The third kappa shape index (κ3) is 4.46. The normalized spacial score (nSPS) is 28.4. The largest absolute Gasteiger partial charge is 0.379 e. The van der Waals surface area contributed by atoms with Crippen LogP contribution in [-0.2, 0) is 9.53 Å². The summed E-state index contributed by atoms with van der Waals surface area (Å²) in [5.41, 5.74) is 5.58. The van der Waals surface area contributed by atoms with Gasteiger partial charge < -0.3 is 15.4 Å². The lowest BCUT2D eigenvalue weighted by Crippen LogP contribution is -2.47. The zero-order valence-corrected chi connectivity index (χ0v) is 13.9. The Morgan fingerprint density at radius 1 is 1.30 bits per heavy atom. The number of carbonyl (C=O) groups excluding carboxylic acids is 1. The van der Waals surface area contributed by atoms with E-state index in [2.05, 4.69) is 11.8 Å². The molecule has 2 fully saturated rings. The minimum atomic E-state index is -0.0550. The number of nitrogens with two attached hydrogens (primary N) is 1. The highest BCUT2D eigenvalue weighted by atomic mass is 35.5. The van der Waals surface area contributed by atoms with Crippen LogP contribution in [0.25, 0.3) is 0 Å². The third-order valence-electron chi connectivity index (χ3n) is 4.17. The summed E-state index contributed by atoms with van der Waals surface area (Å²) in [5.74, 6) is 0.692. The van der Waals surface area contributed by atoms with Crippen LogP contribution >= 0.6 is 24.8 Å². The number of rotatable bonds is 3. The van der Waals surface area contributed by atoms with Crippen molar-refractivity contribution >= 4 is 30.7 Å². The predicted molar refractivity (Wildman–Crippen MR) is 84.6 cm³/mol. The van der Waals surface area contributed by atoms with Crippen LogP contribution in [0.1, 0.15) is 13.8 Å². The summed E-state index contributed by atoms with van der Waals surface area (Å²) in [7, 11) is 0. The molecule has 0 aromatic rings. The fourth-order valence-corrected chi connectivity index (χ4v) is 2.93. The van der Waals surface area contributed by atoms with Gasteiger partial charge in [0.05, 0.1) is 13.2 Å². The molecule has 120 valence electrons. The van der Waals surface area contributed by atoms with Gasteiger partial charge in [-0.05, 0) is 5.92 Å². The van der Waals surface area contributed by atoms with Crippen LogP contribution in [0, 0.1) is 11.8 Å². The predicted octanol–water partition coefficient (Wildman–Crippen LogP) is 0.604. The van der Waals surface area contributed by atoms with E-state index < -0.39 is 0 Å². The molecular weight excluding hydrogens is 301 g/mol. The molecule has 0 bridgehead atoms. The quantitative estimate of drug-likeness (QED) is 0.824. The van der Waals surface area contributed by atoms with E-state index in [0.717, 1.165) is 39.4 Å². The van der Waals surface area contributed by atoms with Crippen molar-refractivity contribution in [2.75, 3.05) is 45.9 Å². The van der Waals surface area contributed by atoms with E-state index in [1.54, 1.807) is 0 Å². The molecule has 3 unspecified atom stereocenters. The summed E-state index contributed by atoms with van der Waals surface area (Å²) in [5, 5.41) is 0. The zero-order chi connectivity index (χ0) is 13.1. The molecule has 0 radical (unpaired) electrons. The molecule has 2 rings (SSSR count). The van der Waals surface area contributed by atoms with Gasteiger partial charge in [0.25, 0.3) is 0 Å². The zero-order valence-electron chi connectivity index (χ0n) is 12.3. The highest BCUT2D eigenvalue weighted by Crippen LogP contribution is 2.23. The Bertz CT molecular complexity index is 301. The van der Waals surface area contributed by atoms with Crippen molar-refractivity contribution in [3.05, 3.63) is 0 Å². The Kier molecular flexibility index (Phi) is 9.02. The average Bonchev–Trinajstić information content (AvgIpc) is 2.80. The fourth-order valence-electron chi connectivity index (χ4n) is 2.93. The number of hydrogen-bond donors (Lipinski definition) is 1. The molecule has 0 aromatic carbocycles. The maximum Gasteiger partial charge on any atom is 0.226 e. The van der Waals surface area contributed by atoms with Crippen molar-refractivity contribution < 1.29 is 9.53 Å². The smallest absolute Gasteiger partial charge is 0.226 e. The van der Waals surface area contributed by atoms with Gasteiger partial charge in [-0.1, -0.05) is 13.8 Å². The summed E-state index contributed by atoms with van der Waals surface area (Å²) in [6.45, 7) is 9.91. The highest BCUT2D eigenvalue weighted by molar-refractivity contribution is 5.85. The second-order valence-electron chi connectivity index (χ2n) is 5.57. The minimum Gasteiger partial charge on any atom is -0.379 e. The van der Waals surface area contributed by atoms with Crippen LogP contribution in [-0.4, -0.2) is 67.7 Å². The molecule has 0 aromatic heterocycles. The Labute approximate surface area is 134 Å². The molecule has 20 heavy (non-hydrogen) atoms. The number of ether oxygens (including phenoxy) is 1. The van der Waals surface area contributed by atoms with E-state index >= 15 is 0 Å². The fraction of sp³-hybridized carbons (Fsp3) is 0.923. The van der Waals surface area contributed by atoms with Crippen LogP contribution in [0.3, 0.4) is 0 Å². The molecular formula is C13H27Cl2N3O2. The highest BCUT2D eigenvalue weighted by Gasteiger charge is 2.37. The van der Waals surface area contributed by atoms with Crippen molar-refractivity contribution in [1.82, 2.24) is 9.80 Å². The van der Waals surface area contributed by atoms with Gasteiger partial charge in [0.1, 0.15) is 0 Å². The van der Waals surface area contributed by atoms with Crippen molar-refractivity contribution in [1.29, 1.82) is 0 Å². The Morgan fingerprint density at radius 3 is 2.45 bits per heavy atom. The van der Waals surface area contributed by atoms with Crippen molar-refractivity contribution in [3.8, 4) is 0 Å². The van der Waals surface area contributed by atoms with E-state index in [-0.39, 0.29) is 36.6 Å². The Morgan fingerprint density at radius 2 is 1.90 bits per heavy atom. The van der Waals surface area contributed by atoms with Gasteiger partial charge in [-0.2, -0.15) is 0 Å². The van der Waals surface area contributed by atoms with Gasteiger partial charge in [-0.25, -0.2) is 0 Å². The van der Waals surface area contributed by atoms with Crippen LogP contribution < -0.4 is 5.73 Å². The average molecular weight is 328 g/mol. The molecule has 0 spiro atoms. The maximum atomic E-state index is 12.2. The lowest BCUT2D eigenvalue weighted by molar-refractivity contribution is -0.133. The van der Waals surface area contributed by atoms with Gasteiger partial charge in [-0.3, -0.25) is 9.69 Å². The summed E-state index contributed by atoms with van der Waals surface area (Å²) in [4.78, 5) is 16.6. The van der Waals surface area contributed by atoms with E-state index in [4.69, 9.17) is 10.5 Å². The molecule has 2 N–H and O–H groups in total. The van der Waals surface area contributed by atoms with Gasteiger partial charge in [-0.15, -0.1) is 24.8 Å². The van der Waals surface area contributed by atoms with Gasteiger partial charge in [0, 0.05) is 44.7 Å². The molecule has 1 amide bonds. The first-order valence-corrected chi connectivity index (χ1v) is 6.94. The van der Waals surface area contributed by atoms with Crippen LogP contribution in [0.2, 0.25) is 0 Å². The van der Waals surface area contributed by atoms with Crippen molar-refractivity contribution in [2.45, 2.75) is 19.9 Å². The number of amides is 1. The second-order valence-corrected chi connectivity index (χ2v) is 5.57. The van der Waals surface area contributed by atoms with Gasteiger partial charge in [0.2, 0.25) is 5.91 Å². The number of nitrogens with zero attached hydrogens (tertiary/aromatic N) is 2. The van der Waals surface area contributed by atoms with Gasteiger partial charge >= 0.3 is 0 Å². The maximum absolute atomic E-state index is 12.2. The summed E-state index contributed by atoms with van der Waals surface area (Å²) >= 11 is 0. The SMILES string of the molecule is CC(CN)C(=O)N1CC(C)C(N2CCOCC2)C1.Cl.Cl. The summed E-state index contributed by atoms with van der Waals surface area (Å²) in [6.07, 6.45) is 0. The standard InChI is InChI=1S/C13H25N3O2.2ClH/c1-10(7-14)13(17)16-8-11(2)12(9-16)15-3-5-18-6-4-15;;/h10-12H,3-9,14H2,1-2H3;2*1H. The number of likely N-dealkylation sites (tertiary alicyclic amines) is 1.